The molecule has 138 valence electrons. The molecule has 0 unspecified atom stereocenters. The van der Waals surface area contributed by atoms with E-state index in [9.17, 15) is 0 Å². The highest BCUT2D eigenvalue weighted by atomic mass is 16.5. The zero-order chi connectivity index (χ0) is 17.7. The number of rotatable bonds is 3. The van der Waals surface area contributed by atoms with Gasteiger partial charge in [0.05, 0.1) is 25.1 Å². The molecule has 2 aromatic rings. The van der Waals surface area contributed by atoms with Crippen LogP contribution in [0.15, 0.2) is 12.4 Å². The van der Waals surface area contributed by atoms with Gasteiger partial charge in [-0.15, -0.1) is 0 Å². The molecule has 5 rings (SSSR count). The summed E-state index contributed by atoms with van der Waals surface area (Å²) in [5.41, 5.74) is 5.18. The average Bonchev–Trinajstić information content (AvgIpc) is 3.14. The average molecular weight is 354 g/mol. The van der Waals surface area contributed by atoms with Crippen LogP contribution in [0.5, 0.6) is 0 Å². The predicted octanol–water partition coefficient (Wildman–Crippen LogP) is 1.62. The van der Waals surface area contributed by atoms with E-state index in [0.717, 1.165) is 45.2 Å². The number of hydrogen-bond acceptors (Lipinski definition) is 6. The molecule has 0 aliphatic carbocycles. The number of aryl methyl sites for hydroxylation is 1. The molecule has 3 aliphatic heterocycles. The summed E-state index contributed by atoms with van der Waals surface area (Å²) in [6.07, 6.45) is 7.58. The first-order valence-electron chi connectivity index (χ1n) is 9.62. The molecule has 2 atom stereocenters. The highest BCUT2D eigenvalue weighted by Crippen LogP contribution is 2.44. The molecule has 0 spiro atoms. The molecular weight excluding hydrogens is 328 g/mol. The maximum absolute atomic E-state index is 5.45. The fourth-order valence-corrected chi connectivity index (χ4v) is 4.62. The van der Waals surface area contributed by atoms with Crippen molar-refractivity contribution in [1.82, 2.24) is 24.6 Å². The molecule has 0 saturated carbocycles. The zero-order valence-electron chi connectivity index (χ0n) is 15.6. The lowest BCUT2D eigenvalue weighted by atomic mass is 9.98. The molecule has 2 bridgehead atoms. The lowest BCUT2D eigenvalue weighted by Crippen LogP contribution is -2.40. The Morgan fingerprint density at radius 1 is 1.19 bits per heavy atom. The topological polar surface area (TPSA) is 59.3 Å². The fourth-order valence-electron chi connectivity index (χ4n) is 4.62. The van der Waals surface area contributed by atoms with Crippen molar-refractivity contribution in [3.8, 4) is 0 Å². The molecule has 0 N–H and O–H groups in total. The van der Waals surface area contributed by atoms with Gasteiger partial charge in [0, 0.05) is 68.2 Å². The van der Waals surface area contributed by atoms with Gasteiger partial charge in [-0.2, -0.15) is 5.10 Å². The van der Waals surface area contributed by atoms with Gasteiger partial charge < -0.3 is 9.64 Å². The minimum atomic E-state index is 0.446. The van der Waals surface area contributed by atoms with Crippen LogP contribution >= 0.6 is 0 Å². The molecule has 0 aromatic carbocycles. The minimum absolute atomic E-state index is 0.446. The van der Waals surface area contributed by atoms with E-state index < -0.39 is 0 Å². The third-order valence-corrected chi connectivity index (χ3v) is 6.30. The number of nitrogens with zero attached hydrogens (tertiary/aromatic N) is 6. The van der Waals surface area contributed by atoms with E-state index in [4.69, 9.17) is 14.7 Å². The van der Waals surface area contributed by atoms with Crippen LogP contribution in [0.3, 0.4) is 0 Å². The Bertz CT molecular complexity index is 812. The SMILES string of the molecule is Cc1c(CN2[C@@H]3CC[C@@H]2c2cnc(N4CCOCC4)nc2C3)cnn1C. The maximum atomic E-state index is 5.45. The maximum Gasteiger partial charge on any atom is 0.225 e. The molecule has 0 radical (unpaired) electrons. The Morgan fingerprint density at radius 3 is 2.81 bits per heavy atom. The molecule has 2 aromatic heterocycles. The van der Waals surface area contributed by atoms with Gasteiger partial charge >= 0.3 is 0 Å². The summed E-state index contributed by atoms with van der Waals surface area (Å²) in [5, 5.41) is 4.41. The van der Waals surface area contributed by atoms with Crippen molar-refractivity contribution in [3.05, 3.63) is 34.9 Å². The second-order valence-electron chi connectivity index (χ2n) is 7.67. The van der Waals surface area contributed by atoms with Crippen LogP contribution in [-0.2, 0) is 24.8 Å². The van der Waals surface area contributed by atoms with Gasteiger partial charge in [-0.1, -0.05) is 0 Å². The lowest BCUT2D eigenvalue weighted by molar-refractivity contribution is 0.122. The van der Waals surface area contributed by atoms with Crippen LogP contribution in [0, 0.1) is 6.92 Å². The highest BCUT2D eigenvalue weighted by molar-refractivity contribution is 5.37. The Balaban J connectivity index is 1.41. The van der Waals surface area contributed by atoms with E-state index in [1.54, 1.807) is 0 Å². The van der Waals surface area contributed by atoms with E-state index in [1.165, 1.54) is 35.4 Å². The normalized spacial score (nSPS) is 25.5. The quantitative estimate of drug-likeness (QED) is 0.835. The first-order chi connectivity index (χ1) is 12.7. The summed E-state index contributed by atoms with van der Waals surface area (Å²) in [7, 11) is 2.01. The standard InChI is InChI=1S/C19H26N6O/c1-13-14(10-21-23(13)2)12-25-15-3-4-18(25)16-11-20-19(22-17(16)9-15)24-5-7-26-8-6-24/h10-11,15,18H,3-9,12H2,1-2H3/t15-,18-/m1/s1. The number of fused-ring (bicyclic) bond motifs is 4. The molecular formula is C19H26N6O. The highest BCUT2D eigenvalue weighted by Gasteiger charge is 2.41. The van der Waals surface area contributed by atoms with Crippen LogP contribution in [0.1, 0.15) is 41.4 Å². The van der Waals surface area contributed by atoms with E-state index in [1.807, 2.05) is 17.9 Å². The summed E-state index contributed by atoms with van der Waals surface area (Å²) in [6, 6.07) is 1.03. The third kappa shape index (κ3) is 2.61. The fraction of sp³-hybridized carbons (Fsp3) is 0.632. The molecule has 7 nitrogen and oxygen atoms in total. The summed E-state index contributed by atoms with van der Waals surface area (Å²) in [5.74, 6) is 0.878. The van der Waals surface area contributed by atoms with Crippen LogP contribution in [0.4, 0.5) is 5.95 Å². The summed E-state index contributed by atoms with van der Waals surface area (Å²) >= 11 is 0. The number of aromatic nitrogens is 4. The Morgan fingerprint density at radius 2 is 2.04 bits per heavy atom. The number of anilines is 1. The van der Waals surface area contributed by atoms with Gasteiger partial charge in [-0.05, 0) is 19.8 Å². The van der Waals surface area contributed by atoms with E-state index in [2.05, 4.69) is 28.0 Å². The minimum Gasteiger partial charge on any atom is -0.378 e. The van der Waals surface area contributed by atoms with Crippen LogP contribution in [-0.4, -0.2) is 57.0 Å². The van der Waals surface area contributed by atoms with Gasteiger partial charge in [0.2, 0.25) is 5.95 Å². The lowest BCUT2D eigenvalue weighted by Gasteiger charge is -2.36. The summed E-state index contributed by atoms with van der Waals surface area (Å²) < 4.78 is 7.41. The predicted molar refractivity (Wildman–Crippen MR) is 98.0 cm³/mol. The first kappa shape index (κ1) is 16.2. The van der Waals surface area contributed by atoms with Crippen molar-refractivity contribution in [3.63, 3.8) is 0 Å². The van der Waals surface area contributed by atoms with Gasteiger partial charge in [0.15, 0.2) is 0 Å². The molecule has 2 saturated heterocycles. The Kier molecular flexibility index (Phi) is 3.94. The van der Waals surface area contributed by atoms with Crippen molar-refractivity contribution in [2.45, 2.75) is 44.8 Å². The van der Waals surface area contributed by atoms with Crippen molar-refractivity contribution < 1.29 is 4.74 Å². The Labute approximate surface area is 154 Å². The van der Waals surface area contributed by atoms with Gasteiger partial charge in [0.25, 0.3) is 0 Å². The van der Waals surface area contributed by atoms with Crippen molar-refractivity contribution in [1.29, 1.82) is 0 Å². The number of hydrogen-bond donors (Lipinski definition) is 0. The summed E-state index contributed by atoms with van der Waals surface area (Å²) in [4.78, 5) is 14.6. The number of ether oxygens (including phenoxy) is 1. The van der Waals surface area contributed by atoms with E-state index >= 15 is 0 Å². The molecule has 3 aliphatic rings. The largest absolute Gasteiger partial charge is 0.378 e. The smallest absolute Gasteiger partial charge is 0.225 e. The zero-order valence-corrected chi connectivity index (χ0v) is 15.6. The molecule has 5 heterocycles. The van der Waals surface area contributed by atoms with Crippen molar-refractivity contribution in [2.75, 3.05) is 31.2 Å². The van der Waals surface area contributed by atoms with Gasteiger partial charge in [-0.3, -0.25) is 9.58 Å². The Hall–Kier alpha value is -1.99. The molecule has 7 heteroatoms. The molecule has 2 fully saturated rings. The second-order valence-corrected chi connectivity index (χ2v) is 7.67. The van der Waals surface area contributed by atoms with Gasteiger partial charge in [-0.25, -0.2) is 9.97 Å². The van der Waals surface area contributed by atoms with Crippen molar-refractivity contribution in [2.24, 2.45) is 7.05 Å². The molecule has 26 heavy (non-hydrogen) atoms. The van der Waals surface area contributed by atoms with Crippen LogP contribution in [0.25, 0.3) is 0 Å². The number of morpholine rings is 1. The van der Waals surface area contributed by atoms with Gasteiger partial charge in [0.1, 0.15) is 0 Å². The van der Waals surface area contributed by atoms with E-state index in [-0.39, 0.29) is 0 Å². The monoisotopic (exact) mass is 354 g/mol. The molecule has 0 amide bonds. The van der Waals surface area contributed by atoms with Crippen LogP contribution in [0.2, 0.25) is 0 Å². The third-order valence-electron chi connectivity index (χ3n) is 6.30. The van der Waals surface area contributed by atoms with E-state index in [0.29, 0.717) is 12.1 Å². The summed E-state index contributed by atoms with van der Waals surface area (Å²) in [6.45, 7) is 6.43. The second kappa shape index (κ2) is 6.32. The first-order valence-corrected chi connectivity index (χ1v) is 9.62. The van der Waals surface area contributed by atoms with Crippen LogP contribution < -0.4 is 4.90 Å². The van der Waals surface area contributed by atoms with Crippen molar-refractivity contribution >= 4 is 5.95 Å².